The van der Waals surface area contributed by atoms with Gasteiger partial charge in [-0.05, 0) is 32.7 Å². The van der Waals surface area contributed by atoms with E-state index >= 15 is 0 Å². The Balaban J connectivity index is 2.29. The zero-order valence-electron chi connectivity index (χ0n) is 9.66. The summed E-state index contributed by atoms with van der Waals surface area (Å²) in [5.41, 5.74) is 5.68. The van der Waals surface area contributed by atoms with E-state index < -0.39 is 0 Å². The topological polar surface area (TPSA) is 41.6 Å². The molecule has 0 bridgehead atoms. The van der Waals surface area contributed by atoms with Crippen molar-refractivity contribution in [2.75, 3.05) is 19.6 Å². The predicted molar refractivity (Wildman–Crippen MR) is 61.6 cm³/mol. The number of aliphatic imine (C=N–C) groups is 1. The molecular weight excluding hydrogens is 174 g/mol. The third kappa shape index (κ3) is 3.29. The molecular formula is C11H23N3. The summed E-state index contributed by atoms with van der Waals surface area (Å²) in [4.78, 5) is 6.90. The van der Waals surface area contributed by atoms with E-state index in [1.54, 1.807) is 0 Å². The molecule has 3 heteroatoms. The summed E-state index contributed by atoms with van der Waals surface area (Å²) in [6.07, 6.45) is 2.15. The van der Waals surface area contributed by atoms with E-state index in [0.717, 1.165) is 24.7 Å². The summed E-state index contributed by atoms with van der Waals surface area (Å²) >= 11 is 0. The van der Waals surface area contributed by atoms with Crippen LogP contribution in [0.25, 0.3) is 0 Å². The first kappa shape index (κ1) is 11.5. The Kier molecular flexibility index (Phi) is 4.39. The maximum absolute atomic E-state index is 5.68. The summed E-state index contributed by atoms with van der Waals surface area (Å²) in [5, 5.41) is 0. The number of rotatable bonds is 4. The number of hydrogen-bond donors (Lipinski definition) is 1. The van der Waals surface area contributed by atoms with Crippen LogP contribution >= 0.6 is 0 Å². The van der Waals surface area contributed by atoms with Crippen LogP contribution in [0, 0.1) is 5.92 Å². The van der Waals surface area contributed by atoms with Gasteiger partial charge in [0.15, 0.2) is 0 Å². The lowest BCUT2D eigenvalue weighted by Crippen LogP contribution is -2.28. The summed E-state index contributed by atoms with van der Waals surface area (Å²) in [7, 11) is 0. The van der Waals surface area contributed by atoms with Gasteiger partial charge >= 0.3 is 0 Å². The van der Waals surface area contributed by atoms with Crippen molar-refractivity contribution in [3.05, 3.63) is 0 Å². The Hall–Kier alpha value is -0.570. The van der Waals surface area contributed by atoms with E-state index in [2.05, 4.69) is 23.7 Å². The average molecular weight is 197 g/mol. The third-order valence-electron chi connectivity index (χ3n) is 2.96. The Morgan fingerprint density at radius 3 is 2.79 bits per heavy atom. The molecule has 0 saturated carbocycles. The molecule has 1 atom stereocenters. The standard InChI is InChI=1S/C11H23N3/c1-4-11(12)13-7-10-5-6-14(8-10)9(2)3/h9-10H,4-8H2,1-3H3,(H2,12,13). The summed E-state index contributed by atoms with van der Waals surface area (Å²) in [6, 6.07) is 0.674. The summed E-state index contributed by atoms with van der Waals surface area (Å²) < 4.78 is 0. The van der Waals surface area contributed by atoms with Gasteiger partial charge in [-0.3, -0.25) is 4.99 Å². The molecule has 1 heterocycles. The number of likely N-dealkylation sites (tertiary alicyclic amines) is 1. The number of amidine groups is 1. The highest BCUT2D eigenvalue weighted by atomic mass is 15.2. The second kappa shape index (κ2) is 5.35. The van der Waals surface area contributed by atoms with Gasteiger partial charge < -0.3 is 10.6 Å². The van der Waals surface area contributed by atoms with Crippen molar-refractivity contribution in [2.24, 2.45) is 16.6 Å². The molecule has 0 spiro atoms. The molecule has 1 saturated heterocycles. The monoisotopic (exact) mass is 197 g/mol. The van der Waals surface area contributed by atoms with E-state index in [1.807, 2.05) is 6.92 Å². The van der Waals surface area contributed by atoms with E-state index in [-0.39, 0.29) is 0 Å². The fourth-order valence-corrected chi connectivity index (χ4v) is 1.84. The lowest BCUT2D eigenvalue weighted by Gasteiger charge is -2.19. The molecule has 1 unspecified atom stereocenters. The summed E-state index contributed by atoms with van der Waals surface area (Å²) in [6.45, 7) is 9.90. The van der Waals surface area contributed by atoms with Crippen molar-refractivity contribution in [3.63, 3.8) is 0 Å². The SMILES string of the molecule is CCC(N)=NCC1CCN(C(C)C)C1. The molecule has 1 rings (SSSR count). The van der Waals surface area contributed by atoms with Gasteiger partial charge in [-0.25, -0.2) is 0 Å². The molecule has 0 amide bonds. The van der Waals surface area contributed by atoms with Crippen LogP contribution in [0.1, 0.15) is 33.6 Å². The highest BCUT2D eigenvalue weighted by Crippen LogP contribution is 2.18. The van der Waals surface area contributed by atoms with Crippen molar-refractivity contribution < 1.29 is 0 Å². The van der Waals surface area contributed by atoms with Crippen LogP contribution in [-0.2, 0) is 0 Å². The lowest BCUT2D eigenvalue weighted by atomic mass is 10.1. The van der Waals surface area contributed by atoms with E-state index in [9.17, 15) is 0 Å². The number of nitrogens with two attached hydrogens (primary N) is 1. The van der Waals surface area contributed by atoms with Crippen LogP contribution in [-0.4, -0.2) is 36.4 Å². The quantitative estimate of drug-likeness (QED) is 0.548. The molecule has 82 valence electrons. The molecule has 1 aliphatic rings. The zero-order valence-corrected chi connectivity index (χ0v) is 9.66. The minimum Gasteiger partial charge on any atom is -0.387 e. The largest absolute Gasteiger partial charge is 0.387 e. The molecule has 1 fully saturated rings. The van der Waals surface area contributed by atoms with Crippen LogP contribution in [0.3, 0.4) is 0 Å². The summed E-state index contributed by atoms with van der Waals surface area (Å²) in [5.74, 6) is 1.52. The molecule has 0 aromatic rings. The first-order valence-electron chi connectivity index (χ1n) is 5.66. The lowest BCUT2D eigenvalue weighted by molar-refractivity contribution is 0.266. The minimum absolute atomic E-state index is 0.674. The number of hydrogen-bond acceptors (Lipinski definition) is 2. The maximum Gasteiger partial charge on any atom is 0.0934 e. The molecule has 0 aromatic heterocycles. The molecule has 0 aromatic carbocycles. The van der Waals surface area contributed by atoms with Gasteiger partial charge in [-0.2, -0.15) is 0 Å². The van der Waals surface area contributed by atoms with Crippen LogP contribution in [0.5, 0.6) is 0 Å². The van der Waals surface area contributed by atoms with Crippen LogP contribution in [0.2, 0.25) is 0 Å². The highest BCUT2D eigenvalue weighted by Gasteiger charge is 2.23. The van der Waals surface area contributed by atoms with Crippen LogP contribution in [0.15, 0.2) is 4.99 Å². The van der Waals surface area contributed by atoms with Gasteiger partial charge in [-0.1, -0.05) is 6.92 Å². The van der Waals surface area contributed by atoms with Gasteiger partial charge in [0.2, 0.25) is 0 Å². The van der Waals surface area contributed by atoms with Gasteiger partial charge in [-0.15, -0.1) is 0 Å². The van der Waals surface area contributed by atoms with Crippen molar-refractivity contribution in [3.8, 4) is 0 Å². The highest BCUT2D eigenvalue weighted by molar-refractivity contribution is 5.79. The smallest absolute Gasteiger partial charge is 0.0934 e. The van der Waals surface area contributed by atoms with Crippen LogP contribution in [0.4, 0.5) is 0 Å². The van der Waals surface area contributed by atoms with Gasteiger partial charge in [0, 0.05) is 25.6 Å². The van der Waals surface area contributed by atoms with Crippen molar-refractivity contribution in [2.45, 2.75) is 39.7 Å². The van der Waals surface area contributed by atoms with Gasteiger partial charge in [0.1, 0.15) is 0 Å². The van der Waals surface area contributed by atoms with Gasteiger partial charge in [0.25, 0.3) is 0 Å². The molecule has 1 aliphatic heterocycles. The second-order valence-electron chi connectivity index (χ2n) is 4.43. The van der Waals surface area contributed by atoms with Crippen LogP contribution < -0.4 is 5.73 Å². The van der Waals surface area contributed by atoms with Crippen molar-refractivity contribution in [1.82, 2.24) is 4.90 Å². The Bertz CT molecular complexity index is 199. The maximum atomic E-state index is 5.68. The Labute approximate surface area is 87.4 Å². The fraction of sp³-hybridized carbons (Fsp3) is 0.909. The Morgan fingerprint density at radius 1 is 1.57 bits per heavy atom. The van der Waals surface area contributed by atoms with E-state index in [1.165, 1.54) is 19.5 Å². The Morgan fingerprint density at radius 2 is 2.29 bits per heavy atom. The van der Waals surface area contributed by atoms with Gasteiger partial charge in [0.05, 0.1) is 5.84 Å². The molecule has 14 heavy (non-hydrogen) atoms. The fourth-order valence-electron chi connectivity index (χ4n) is 1.84. The molecule has 0 aliphatic carbocycles. The normalized spacial score (nSPS) is 24.9. The minimum atomic E-state index is 0.674. The molecule has 3 nitrogen and oxygen atoms in total. The third-order valence-corrected chi connectivity index (χ3v) is 2.96. The zero-order chi connectivity index (χ0) is 10.6. The number of nitrogens with zero attached hydrogens (tertiary/aromatic N) is 2. The second-order valence-corrected chi connectivity index (χ2v) is 4.43. The van der Waals surface area contributed by atoms with Crippen molar-refractivity contribution >= 4 is 5.84 Å². The first-order valence-corrected chi connectivity index (χ1v) is 5.66. The molecule has 2 N–H and O–H groups in total. The van der Waals surface area contributed by atoms with E-state index in [0.29, 0.717) is 6.04 Å². The van der Waals surface area contributed by atoms with Crippen molar-refractivity contribution in [1.29, 1.82) is 0 Å². The average Bonchev–Trinajstić information content (AvgIpc) is 2.62. The predicted octanol–water partition coefficient (Wildman–Crippen LogP) is 1.48. The molecule has 0 radical (unpaired) electrons. The van der Waals surface area contributed by atoms with E-state index in [4.69, 9.17) is 5.73 Å². The first-order chi connectivity index (χ1) is 6.63.